The van der Waals surface area contributed by atoms with Crippen LogP contribution in [0.3, 0.4) is 0 Å². The Bertz CT molecular complexity index is 388. The molecule has 104 valence electrons. The third-order valence-corrected chi connectivity index (χ3v) is 3.79. The predicted molar refractivity (Wildman–Crippen MR) is 72.7 cm³/mol. The van der Waals surface area contributed by atoms with E-state index in [9.17, 15) is 4.79 Å². The molecule has 1 N–H and O–H groups in total. The van der Waals surface area contributed by atoms with E-state index in [1.165, 1.54) is 0 Å². The van der Waals surface area contributed by atoms with Crippen molar-refractivity contribution in [1.82, 2.24) is 5.32 Å². The molecule has 4 heteroatoms. The van der Waals surface area contributed by atoms with Crippen LogP contribution in [0.5, 0.6) is 0 Å². The number of ether oxygens (including phenoxy) is 2. The monoisotopic (exact) mass is 263 g/mol. The second kappa shape index (κ2) is 6.68. The fourth-order valence-corrected chi connectivity index (χ4v) is 2.56. The van der Waals surface area contributed by atoms with E-state index >= 15 is 0 Å². The van der Waals surface area contributed by atoms with Crippen molar-refractivity contribution in [1.29, 1.82) is 0 Å². The molecule has 1 aromatic carbocycles. The smallest absolute Gasteiger partial charge is 0.293 e. The van der Waals surface area contributed by atoms with E-state index in [4.69, 9.17) is 9.47 Å². The van der Waals surface area contributed by atoms with Gasteiger partial charge < -0.3 is 14.8 Å². The average molecular weight is 263 g/mol. The van der Waals surface area contributed by atoms with Gasteiger partial charge in [0.05, 0.1) is 18.8 Å². The first-order chi connectivity index (χ1) is 9.27. The van der Waals surface area contributed by atoms with Crippen LogP contribution >= 0.6 is 0 Å². The summed E-state index contributed by atoms with van der Waals surface area (Å²) in [6.45, 7) is 4.51. The Labute approximate surface area is 114 Å². The third kappa shape index (κ3) is 3.55. The van der Waals surface area contributed by atoms with Crippen molar-refractivity contribution in [3.8, 4) is 0 Å². The lowest BCUT2D eigenvalue weighted by molar-refractivity contribution is -0.138. The summed E-state index contributed by atoms with van der Waals surface area (Å²) in [5.41, 5.74) is 0.912. The zero-order valence-corrected chi connectivity index (χ0v) is 11.3. The maximum Gasteiger partial charge on any atom is 0.293 e. The maximum absolute atomic E-state index is 10.5. The number of hydrogen-bond donors (Lipinski definition) is 1. The Balaban J connectivity index is 1.89. The average Bonchev–Trinajstić information content (AvgIpc) is 2.90. The largest absolute Gasteiger partial charge is 0.463 e. The molecule has 4 nitrogen and oxygen atoms in total. The molecule has 1 aliphatic rings. The molecule has 2 unspecified atom stereocenters. The highest BCUT2D eigenvalue weighted by atomic mass is 16.5. The molecule has 0 bridgehead atoms. The SMILES string of the molecule is CC(OC=O)C1(COCc2ccccc2)CCCN1. The zero-order valence-electron chi connectivity index (χ0n) is 11.3. The van der Waals surface area contributed by atoms with Gasteiger partial charge in [-0.2, -0.15) is 0 Å². The number of nitrogens with one attached hydrogen (secondary N) is 1. The Morgan fingerprint density at radius 1 is 1.42 bits per heavy atom. The molecule has 0 aliphatic carbocycles. The minimum atomic E-state index is -0.240. The zero-order chi connectivity index (χ0) is 13.6. The molecule has 1 heterocycles. The molecule has 1 aromatic rings. The predicted octanol–water partition coefficient (Wildman–Crippen LogP) is 1.89. The Morgan fingerprint density at radius 3 is 2.84 bits per heavy atom. The van der Waals surface area contributed by atoms with E-state index in [2.05, 4.69) is 5.32 Å². The highest BCUT2D eigenvalue weighted by Crippen LogP contribution is 2.25. The van der Waals surface area contributed by atoms with Crippen LogP contribution in [0.15, 0.2) is 30.3 Å². The van der Waals surface area contributed by atoms with Gasteiger partial charge in [0.1, 0.15) is 6.10 Å². The van der Waals surface area contributed by atoms with Crippen LogP contribution in [0.4, 0.5) is 0 Å². The van der Waals surface area contributed by atoms with Crippen LogP contribution in [0.2, 0.25) is 0 Å². The lowest BCUT2D eigenvalue weighted by atomic mass is 9.92. The van der Waals surface area contributed by atoms with Gasteiger partial charge >= 0.3 is 0 Å². The Kier molecular flexibility index (Phi) is 4.93. The van der Waals surface area contributed by atoms with Gasteiger partial charge in [0.2, 0.25) is 0 Å². The van der Waals surface area contributed by atoms with Gasteiger partial charge in [-0.05, 0) is 31.9 Å². The summed E-state index contributed by atoms with van der Waals surface area (Å²) < 4.78 is 10.9. The first-order valence-electron chi connectivity index (χ1n) is 6.73. The summed E-state index contributed by atoms with van der Waals surface area (Å²) in [6.07, 6.45) is 1.88. The Morgan fingerprint density at radius 2 is 2.21 bits per heavy atom. The summed E-state index contributed by atoms with van der Waals surface area (Å²) >= 11 is 0. The van der Waals surface area contributed by atoms with Gasteiger partial charge in [0.25, 0.3) is 6.47 Å². The molecule has 1 aliphatic heterocycles. The van der Waals surface area contributed by atoms with Gasteiger partial charge in [0.15, 0.2) is 0 Å². The fourth-order valence-electron chi connectivity index (χ4n) is 2.56. The molecule has 0 saturated carbocycles. The van der Waals surface area contributed by atoms with Gasteiger partial charge in [0, 0.05) is 0 Å². The van der Waals surface area contributed by atoms with Gasteiger partial charge in [-0.1, -0.05) is 30.3 Å². The molecule has 2 atom stereocenters. The van der Waals surface area contributed by atoms with E-state index in [1.807, 2.05) is 37.3 Å². The van der Waals surface area contributed by atoms with Crippen molar-refractivity contribution in [2.45, 2.75) is 38.0 Å². The third-order valence-electron chi connectivity index (χ3n) is 3.79. The van der Waals surface area contributed by atoms with Crippen molar-refractivity contribution in [2.24, 2.45) is 0 Å². The molecule has 2 rings (SSSR count). The molecule has 19 heavy (non-hydrogen) atoms. The fraction of sp³-hybridized carbons (Fsp3) is 0.533. The van der Waals surface area contributed by atoms with Crippen molar-refractivity contribution in [2.75, 3.05) is 13.2 Å². The van der Waals surface area contributed by atoms with Gasteiger partial charge in [-0.3, -0.25) is 4.79 Å². The summed E-state index contributed by atoms with van der Waals surface area (Å²) in [7, 11) is 0. The van der Waals surface area contributed by atoms with Crippen LogP contribution in [0, 0.1) is 0 Å². The van der Waals surface area contributed by atoms with E-state index in [0.717, 1.165) is 24.9 Å². The molecular weight excluding hydrogens is 242 g/mol. The topological polar surface area (TPSA) is 47.6 Å². The number of carbonyl (C=O) groups excluding carboxylic acids is 1. The van der Waals surface area contributed by atoms with E-state index in [0.29, 0.717) is 19.7 Å². The molecule has 0 aromatic heterocycles. The highest BCUT2D eigenvalue weighted by Gasteiger charge is 2.40. The van der Waals surface area contributed by atoms with Crippen LogP contribution in [-0.4, -0.2) is 31.3 Å². The van der Waals surface area contributed by atoms with Crippen molar-refractivity contribution in [3.05, 3.63) is 35.9 Å². The van der Waals surface area contributed by atoms with Crippen molar-refractivity contribution >= 4 is 6.47 Å². The summed E-state index contributed by atoms with van der Waals surface area (Å²) in [6, 6.07) is 10.1. The minimum Gasteiger partial charge on any atom is -0.463 e. The van der Waals surface area contributed by atoms with E-state index in [1.54, 1.807) is 0 Å². The summed E-state index contributed by atoms with van der Waals surface area (Å²) in [5.74, 6) is 0. The van der Waals surface area contributed by atoms with Crippen LogP contribution in [0.1, 0.15) is 25.3 Å². The van der Waals surface area contributed by atoms with Gasteiger partial charge in [-0.15, -0.1) is 0 Å². The normalized spacial score (nSPS) is 24.1. The molecule has 0 amide bonds. The first-order valence-corrected chi connectivity index (χ1v) is 6.73. The minimum absolute atomic E-state index is 0.178. The molecule has 1 fully saturated rings. The van der Waals surface area contributed by atoms with Crippen LogP contribution in [-0.2, 0) is 20.9 Å². The lowest BCUT2D eigenvalue weighted by Crippen LogP contribution is -2.53. The number of hydrogen-bond acceptors (Lipinski definition) is 4. The van der Waals surface area contributed by atoms with Crippen LogP contribution < -0.4 is 5.32 Å². The first kappa shape index (κ1) is 14.0. The molecular formula is C15H21NO3. The Hall–Kier alpha value is -1.39. The van der Waals surface area contributed by atoms with Crippen molar-refractivity contribution < 1.29 is 14.3 Å². The molecule has 0 spiro atoms. The summed E-state index contributed by atoms with van der Waals surface area (Å²) in [5, 5.41) is 3.43. The number of carbonyl (C=O) groups is 1. The molecule has 0 radical (unpaired) electrons. The second-order valence-electron chi connectivity index (χ2n) is 5.04. The number of rotatable bonds is 7. The van der Waals surface area contributed by atoms with Gasteiger partial charge in [-0.25, -0.2) is 0 Å². The molecule has 1 saturated heterocycles. The summed E-state index contributed by atoms with van der Waals surface area (Å²) in [4.78, 5) is 10.5. The standard InChI is InChI=1S/C15H21NO3/c1-13(19-12-17)15(8-5-9-16-15)11-18-10-14-6-3-2-4-7-14/h2-4,6-7,12-13,16H,5,8-11H2,1H3. The van der Waals surface area contributed by atoms with E-state index < -0.39 is 0 Å². The highest BCUT2D eigenvalue weighted by molar-refractivity contribution is 5.38. The van der Waals surface area contributed by atoms with Crippen molar-refractivity contribution in [3.63, 3.8) is 0 Å². The van der Waals surface area contributed by atoms with Crippen LogP contribution in [0.25, 0.3) is 0 Å². The lowest BCUT2D eigenvalue weighted by Gasteiger charge is -2.34. The van der Waals surface area contributed by atoms with E-state index in [-0.39, 0.29) is 11.6 Å². The quantitative estimate of drug-likeness (QED) is 0.763. The number of benzene rings is 1. The second-order valence-corrected chi connectivity index (χ2v) is 5.04. The maximum atomic E-state index is 10.5.